The molecule has 76 valence electrons. The van der Waals surface area contributed by atoms with Crippen LogP contribution in [0.4, 0.5) is 0 Å². The molecule has 1 rings (SSSR count). The van der Waals surface area contributed by atoms with Crippen molar-refractivity contribution in [3.05, 3.63) is 28.8 Å². The van der Waals surface area contributed by atoms with Gasteiger partial charge in [0.05, 0.1) is 5.02 Å². The lowest BCUT2D eigenvalue weighted by molar-refractivity contribution is -0.117. The number of carbonyl (C=O) groups is 1. The van der Waals surface area contributed by atoms with E-state index in [2.05, 4.69) is 0 Å². The molecule has 0 aromatic heterocycles. The van der Waals surface area contributed by atoms with E-state index in [1.807, 2.05) is 13.0 Å². The lowest BCUT2D eigenvalue weighted by atomic mass is 10.2. The number of hydrogen-bond donors (Lipinski definition) is 0. The standard InChI is InChI=1S/C10H10Cl2O2/c1-6-3-4-8(11)9(5-6)14-7(2)10(12)13/h3-5,7H,1-2H3/t7-/m1/s1. The van der Waals surface area contributed by atoms with Gasteiger partial charge in [-0.3, -0.25) is 4.79 Å². The van der Waals surface area contributed by atoms with Gasteiger partial charge in [-0.05, 0) is 43.1 Å². The van der Waals surface area contributed by atoms with E-state index in [9.17, 15) is 4.79 Å². The molecule has 0 heterocycles. The largest absolute Gasteiger partial charge is 0.480 e. The van der Waals surface area contributed by atoms with Crippen molar-refractivity contribution in [2.45, 2.75) is 20.0 Å². The minimum Gasteiger partial charge on any atom is -0.480 e. The molecular formula is C10H10Cl2O2. The fourth-order valence-corrected chi connectivity index (χ4v) is 1.14. The molecule has 0 bridgehead atoms. The molecule has 4 heteroatoms. The molecule has 1 aromatic rings. The summed E-state index contributed by atoms with van der Waals surface area (Å²) in [5.74, 6) is 0.480. The summed E-state index contributed by atoms with van der Waals surface area (Å²) in [7, 11) is 0. The molecule has 0 aliphatic heterocycles. The van der Waals surface area contributed by atoms with Crippen molar-refractivity contribution in [3.63, 3.8) is 0 Å². The van der Waals surface area contributed by atoms with Crippen LogP contribution in [0, 0.1) is 6.92 Å². The second kappa shape index (κ2) is 4.67. The van der Waals surface area contributed by atoms with Crippen molar-refractivity contribution in [3.8, 4) is 5.75 Å². The summed E-state index contributed by atoms with van der Waals surface area (Å²) in [5.41, 5.74) is 1.01. The van der Waals surface area contributed by atoms with Gasteiger partial charge in [-0.25, -0.2) is 0 Å². The highest BCUT2D eigenvalue weighted by Crippen LogP contribution is 2.26. The predicted octanol–water partition coefficient (Wildman–Crippen LogP) is 3.18. The van der Waals surface area contributed by atoms with Crippen molar-refractivity contribution in [2.24, 2.45) is 0 Å². The van der Waals surface area contributed by atoms with Crippen LogP contribution in [0.25, 0.3) is 0 Å². The van der Waals surface area contributed by atoms with Gasteiger partial charge >= 0.3 is 0 Å². The van der Waals surface area contributed by atoms with E-state index in [-0.39, 0.29) is 0 Å². The fraction of sp³-hybridized carbons (Fsp3) is 0.300. The molecule has 0 N–H and O–H groups in total. The maximum Gasteiger partial charge on any atom is 0.262 e. The van der Waals surface area contributed by atoms with Gasteiger partial charge < -0.3 is 4.74 Å². The Kier molecular flexibility index (Phi) is 3.78. The number of aryl methyl sites for hydroxylation is 1. The third-order valence-electron chi connectivity index (χ3n) is 1.71. The minimum absolute atomic E-state index is 0.473. The van der Waals surface area contributed by atoms with E-state index in [0.717, 1.165) is 5.56 Å². The first-order chi connectivity index (χ1) is 6.50. The zero-order chi connectivity index (χ0) is 10.7. The van der Waals surface area contributed by atoms with Crippen molar-refractivity contribution in [2.75, 3.05) is 0 Å². The normalized spacial score (nSPS) is 12.3. The second-order valence-corrected chi connectivity index (χ2v) is 3.78. The Morgan fingerprint density at radius 3 is 2.71 bits per heavy atom. The van der Waals surface area contributed by atoms with Crippen LogP contribution in [0.3, 0.4) is 0 Å². The Balaban J connectivity index is 2.85. The topological polar surface area (TPSA) is 26.3 Å². The lowest BCUT2D eigenvalue weighted by Gasteiger charge is -2.12. The number of hydrogen-bond acceptors (Lipinski definition) is 2. The molecule has 0 radical (unpaired) electrons. The number of ether oxygens (including phenoxy) is 1. The first-order valence-corrected chi connectivity index (χ1v) is 4.88. The Morgan fingerprint density at radius 1 is 1.50 bits per heavy atom. The van der Waals surface area contributed by atoms with E-state index in [1.54, 1.807) is 19.1 Å². The maximum absolute atomic E-state index is 10.7. The van der Waals surface area contributed by atoms with Crippen LogP contribution in [0.15, 0.2) is 18.2 Å². The molecule has 0 amide bonds. The predicted molar refractivity (Wildman–Crippen MR) is 57.1 cm³/mol. The molecule has 0 spiro atoms. The van der Waals surface area contributed by atoms with Crippen LogP contribution in [0.5, 0.6) is 5.75 Å². The fourth-order valence-electron chi connectivity index (χ4n) is 0.938. The van der Waals surface area contributed by atoms with E-state index >= 15 is 0 Å². The second-order valence-electron chi connectivity index (χ2n) is 3.00. The van der Waals surface area contributed by atoms with Gasteiger partial charge in [0.25, 0.3) is 5.24 Å². The highest BCUT2D eigenvalue weighted by molar-refractivity contribution is 6.64. The molecule has 0 fully saturated rings. The van der Waals surface area contributed by atoms with Gasteiger partial charge in [0.1, 0.15) is 5.75 Å². The number of benzene rings is 1. The summed E-state index contributed by atoms with van der Waals surface area (Å²) in [6, 6.07) is 5.35. The zero-order valence-electron chi connectivity index (χ0n) is 7.88. The monoisotopic (exact) mass is 232 g/mol. The van der Waals surface area contributed by atoms with Crippen molar-refractivity contribution in [1.82, 2.24) is 0 Å². The first kappa shape index (κ1) is 11.3. The Labute approximate surface area is 92.8 Å². The third-order valence-corrected chi connectivity index (χ3v) is 2.33. The van der Waals surface area contributed by atoms with Crippen LogP contribution in [0.2, 0.25) is 5.02 Å². The first-order valence-electron chi connectivity index (χ1n) is 4.13. The van der Waals surface area contributed by atoms with Gasteiger partial charge in [-0.1, -0.05) is 17.7 Å². The molecule has 0 aliphatic carbocycles. The summed E-state index contributed by atoms with van der Waals surface area (Å²) in [6.07, 6.45) is -0.684. The molecule has 2 nitrogen and oxygen atoms in total. The van der Waals surface area contributed by atoms with Gasteiger partial charge in [-0.2, -0.15) is 0 Å². The SMILES string of the molecule is Cc1ccc(Cl)c(O[C@H](C)C(=O)Cl)c1. The molecule has 0 saturated heterocycles. The van der Waals surface area contributed by atoms with Crippen LogP contribution < -0.4 is 4.74 Å². The van der Waals surface area contributed by atoms with Crippen LogP contribution in [-0.2, 0) is 4.79 Å². The minimum atomic E-state index is -0.684. The smallest absolute Gasteiger partial charge is 0.262 e. The highest BCUT2D eigenvalue weighted by Gasteiger charge is 2.13. The van der Waals surface area contributed by atoms with Gasteiger partial charge in [0.2, 0.25) is 0 Å². The summed E-state index contributed by atoms with van der Waals surface area (Å²) >= 11 is 11.1. The van der Waals surface area contributed by atoms with Crippen molar-refractivity contribution < 1.29 is 9.53 Å². The van der Waals surface area contributed by atoms with Crippen LogP contribution >= 0.6 is 23.2 Å². The van der Waals surface area contributed by atoms with Crippen molar-refractivity contribution in [1.29, 1.82) is 0 Å². The van der Waals surface area contributed by atoms with E-state index in [4.69, 9.17) is 27.9 Å². The molecule has 1 aromatic carbocycles. The maximum atomic E-state index is 10.7. The summed E-state index contributed by atoms with van der Waals surface area (Å²) in [5, 5.41) is -0.0667. The summed E-state index contributed by atoms with van der Waals surface area (Å²) in [4.78, 5) is 10.7. The number of rotatable bonds is 3. The zero-order valence-corrected chi connectivity index (χ0v) is 9.39. The molecule has 0 saturated carbocycles. The van der Waals surface area contributed by atoms with Crippen LogP contribution in [-0.4, -0.2) is 11.3 Å². The average Bonchev–Trinajstić information content (AvgIpc) is 2.11. The molecule has 0 aliphatic rings. The molecule has 0 unspecified atom stereocenters. The average molecular weight is 233 g/mol. The van der Waals surface area contributed by atoms with E-state index in [0.29, 0.717) is 10.8 Å². The van der Waals surface area contributed by atoms with Gasteiger partial charge in [0, 0.05) is 0 Å². The van der Waals surface area contributed by atoms with E-state index in [1.165, 1.54) is 0 Å². The molecule has 1 atom stereocenters. The number of carbonyl (C=O) groups excluding carboxylic acids is 1. The molecular weight excluding hydrogens is 223 g/mol. The number of halogens is 2. The van der Waals surface area contributed by atoms with Crippen LogP contribution in [0.1, 0.15) is 12.5 Å². The van der Waals surface area contributed by atoms with Crippen molar-refractivity contribution >= 4 is 28.4 Å². The van der Waals surface area contributed by atoms with E-state index < -0.39 is 11.3 Å². The summed E-state index contributed by atoms with van der Waals surface area (Å²) < 4.78 is 5.27. The highest BCUT2D eigenvalue weighted by atomic mass is 35.5. The Hall–Kier alpha value is -0.730. The quantitative estimate of drug-likeness (QED) is 0.749. The molecule has 14 heavy (non-hydrogen) atoms. The lowest BCUT2D eigenvalue weighted by Crippen LogP contribution is -2.19. The van der Waals surface area contributed by atoms with Gasteiger partial charge in [-0.15, -0.1) is 0 Å². The Bertz CT molecular complexity index is 350. The Morgan fingerprint density at radius 2 is 2.14 bits per heavy atom. The summed E-state index contributed by atoms with van der Waals surface area (Å²) in [6.45, 7) is 3.49. The third kappa shape index (κ3) is 2.89. The van der Waals surface area contributed by atoms with Gasteiger partial charge in [0.15, 0.2) is 6.10 Å².